The van der Waals surface area contributed by atoms with E-state index in [4.69, 9.17) is 16.3 Å². The summed E-state index contributed by atoms with van der Waals surface area (Å²) in [7, 11) is -0.579. The SMILES string of the molecule is COc1ccc(N(C)S(C)(=O)=O)cc1C(=O)Nc1ccc(Cl)cc1C. The van der Waals surface area contributed by atoms with E-state index >= 15 is 0 Å². The van der Waals surface area contributed by atoms with Crippen LogP contribution < -0.4 is 14.4 Å². The van der Waals surface area contributed by atoms with E-state index in [9.17, 15) is 13.2 Å². The molecule has 25 heavy (non-hydrogen) atoms. The average Bonchev–Trinajstić information content (AvgIpc) is 2.55. The molecule has 2 rings (SSSR count). The number of carbonyl (C=O) groups is 1. The van der Waals surface area contributed by atoms with Gasteiger partial charge in [-0.2, -0.15) is 0 Å². The highest BCUT2D eigenvalue weighted by Gasteiger charge is 2.18. The van der Waals surface area contributed by atoms with Crippen LogP contribution in [0, 0.1) is 6.92 Å². The first-order valence-corrected chi connectivity index (χ1v) is 9.55. The van der Waals surface area contributed by atoms with Crippen LogP contribution in [0.1, 0.15) is 15.9 Å². The number of anilines is 2. The van der Waals surface area contributed by atoms with Gasteiger partial charge in [0.1, 0.15) is 5.75 Å². The van der Waals surface area contributed by atoms with E-state index < -0.39 is 15.9 Å². The average molecular weight is 383 g/mol. The van der Waals surface area contributed by atoms with Crippen molar-refractivity contribution in [2.45, 2.75) is 6.92 Å². The van der Waals surface area contributed by atoms with Crippen LogP contribution in [0.2, 0.25) is 5.02 Å². The lowest BCUT2D eigenvalue weighted by molar-refractivity contribution is 0.102. The van der Waals surface area contributed by atoms with E-state index in [1.165, 1.54) is 20.2 Å². The molecular weight excluding hydrogens is 364 g/mol. The fourth-order valence-corrected chi connectivity index (χ4v) is 2.94. The van der Waals surface area contributed by atoms with E-state index in [1.807, 2.05) is 6.92 Å². The topological polar surface area (TPSA) is 75.7 Å². The summed E-state index contributed by atoms with van der Waals surface area (Å²) in [6, 6.07) is 9.72. The molecule has 0 radical (unpaired) electrons. The van der Waals surface area contributed by atoms with Gasteiger partial charge < -0.3 is 10.1 Å². The lowest BCUT2D eigenvalue weighted by atomic mass is 10.1. The van der Waals surface area contributed by atoms with Crippen LogP contribution in [0.15, 0.2) is 36.4 Å². The van der Waals surface area contributed by atoms with Gasteiger partial charge in [0.25, 0.3) is 5.91 Å². The second kappa shape index (κ2) is 7.33. The molecule has 0 saturated heterocycles. The van der Waals surface area contributed by atoms with Crippen molar-refractivity contribution < 1.29 is 17.9 Å². The zero-order valence-electron chi connectivity index (χ0n) is 14.3. The van der Waals surface area contributed by atoms with E-state index in [0.717, 1.165) is 16.1 Å². The van der Waals surface area contributed by atoms with Crippen molar-refractivity contribution in [2.24, 2.45) is 0 Å². The largest absolute Gasteiger partial charge is 0.496 e. The van der Waals surface area contributed by atoms with E-state index in [1.54, 1.807) is 30.3 Å². The molecule has 0 aliphatic heterocycles. The highest BCUT2D eigenvalue weighted by atomic mass is 35.5. The second-order valence-electron chi connectivity index (χ2n) is 5.53. The number of benzene rings is 2. The number of halogens is 1. The second-order valence-corrected chi connectivity index (χ2v) is 7.98. The van der Waals surface area contributed by atoms with Gasteiger partial charge in [0, 0.05) is 17.8 Å². The smallest absolute Gasteiger partial charge is 0.259 e. The molecule has 2 aromatic carbocycles. The molecule has 6 nitrogen and oxygen atoms in total. The minimum atomic E-state index is -3.44. The summed E-state index contributed by atoms with van der Waals surface area (Å²) in [5.74, 6) is -0.0687. The molecule has 0 aliphatic rings. The third kappa shape index (κ3) is 4.43. The maximum Gasteiger partial charge on any atom is 0.259 e. The summed E-state index contributed by atoms with van der Waals surface area (Å²) in [6.07, 6.45) is 1.09. The molecule has 8 heteroatoms. The Balaban J connectivity index is 2.40. The number of rotatable bonds is 5. The van der Waals surface area contributed by atoms with Gasteiger partial charge in [0.2, 0.25) is 10.0 Å². The molecule has 0 spiro atoms. The Hall–Kier alpha value is -2.25. The number of methoxy groups -OCH3 is 1. The standard InChI is InChI=1S/C17H19ClN2O4S/c1-11-9-12(18)5-7-15(11)19-17(21)14-10-13(6-8-16(14)24-3)20(2)25(4,22)23/h5-10H,1-4H3,(H,19,21). The molecule has 0 aromatic heterocycles. The number of amides is 1. The summed E-state index contributed by atoms with van der Waals surface area (Å²) in [4.78, 5) is 12.7. The van der Waals surface area contributed by atoms with Crippen molar-refractivity contribution in [2.75, 3.05) is 30.0 Å². The van der Waals surface area contributed by atoms with Crippen molar-refractivity contribution in [1.82, 2.24) is 0 Å². The van der Waals surface area contributed by atoms with Gasteiger partial charge in [-0.1, -0.05) is 11.6 Å². The van der Waals surface area contributed by atoms with Gasteiger partial charge in [-0.15, -0.1) is 0 Å². The lowest BCUT2D eigenvalue weighted by Gasteiger charge is -2.19. The number of hydrogen-bond acceptors (Lipinski definition) is 4. The van der Waals surface area contributed by atoms with Gasteiger partial charge in [0.15, 0.2) is 0 Å². The Kier molecular flexibility index (Phi) is 5.59. The van der Waals surface area contributed by atoms with Crippen molar-refractivity contribution in [1.29, 1.82) is 0 Å². The van der Waals surface area contributed by atoms with E-state index in [-0.39, 0.29) is 5.56 Å². The van der Waals surface area contributed by atoms with Crippen molar-refractivity contribution in [3.8, 4) is 5.75 Å². The predicted octanol–water partition coefficient (Wildman–Crippen LogP) is 3.31. The van der Waals surface area contributed by atoms with E-state index in [0.29, 0.717) is 22.1 Å². The minimum absolute atomic E-state index is 0.227. The van der Waals surface area contributed by atoms with Crippen LogP contribution in [-0.2, 0) is 10.0 Å². The fraction of sp³-hybridized carbons (Fsp3) is 0.235. The molecule has 134 valence electrons. The molecular formula is C17H19ClN2O4S. The summed E-state index contributed by atoms with van der Waals surface area (Å²) >= 11 is 5.92. The Bertz CT molecular complexity index is 913. The Labute approximate surface area is 152 Å². The lowest BCUT2D eigenvalue weighted by Crippen LogP contribution is -2.25. The highest BCUT2D eigenvalue weighted by molar-refractivity contribution is 7.92. The molecule has 2 aromatic rings. The number of nitrogens with zero attached hydrogens (tertiary/aromatic N) is 1. The summed E-state index contributed by atoms with van der Waals surface area (Å²) in [5, 5.41) is 3.36. The maximum absolute atomic E-state index is 12.7. The number of aryl methyl sites for hydroxylation is 1. The number of nitrogens with one attached hydrogen (secondary N) is 1. The number of carbonyl (C=O) groups excluding carboxylic acids is 1. The molecule has 0 atom stereocenters. The number of ether oxygens (including phenoxy) is 1. The Morgan fingerprint density at radius 1 is 1.20 bits per heavy atom. The van der Waals surface area contributed by atoms with Crippen molar-refractivity contribution >= 4 is 38.9 Å². The van der Waals surface area contributed by atoms with Crippen molar-refractivity contribution in [3.05, 3.63) is 52.5 Å². The normalized spacial score (nSPS) is 11.1. The number of hydrogen-bond donors (Lipinski definition) is 1. The first kappa shape index (κ1) is 19.1. The van der Waals surface area contributed by atoms with Gasteiger partial charge in [-0.25, -0.2) is 8.42 Å². The van der Waals surface area contributed by atoms with Crippen LogP contribution in [0.5, 0.6) is 5.75 Å². The minimum Gasteiger partial charge on any atom is -0.496 e. The van der Waals surface area contributed by atoms with E-state index in [2.05, 4.69) is 5.32 Å². The van der Waals surface area contributed by atoms with Crippen LogP contribution >= 0.6 is 11.6 Å². The molecule has 0 unspecified atom stereocenters. The zero-order chi connectivity index (χ0) is 18.8. The Morgan fingerprint density at radius 2 is 1.88 bits per heavy atom. The third-order valence-corrected chi connectivity index (χ3v) is 5.17. The van der Waals surface area contributed by atoms with Crippen molar-refractivity contribution in [3.63, 3.8) is 0 Å². The van der Waals surface area contributed by atoms with Crippen LogP contribution in [0.25, 0.3) is 0 Å². The van der Waals surface area contributed by atoms with Gasteiger partial charge in [0.05, 0.1) is 24.6 Å². The van der Waals surface area contributed by atoms with Gasteiger partial charge in [-0.3, -0.25) is 9.10 Å². The number of sulfonamides is 1. The molecule has 0 heterocycles. The van der Waals surface area contributed by atoms with Crippen LogP contribution in [0.3, 0.4) is 0 Å². The van der Waals surface area contributed by atoms with Gasteiger partial charge in [-0.05, 0) is 48.9 Å². The molecule has 0 fully saturated rings. The molecule has 0 aliphatic carbocycles. The monoisotopic (exact) mass is 382 g/mol. The Morgan fingerprint density at radius 3 is 2.44 bits per heavy atom. The van der Waals surface area contributed by atoms with Gasteiger partial charge >= 0.3 is 0 Å². The molecule has 0 saturated carbocycles. The zero-order valence-corrected chi connectivity index (χ0v) is 15.9. The maximum atomic E-state index is 12.7. The molecule has 0 bridgehead atoms. The summed E-state index contributed by atoms with van der Waals surface area (Å²) in [5.41, 5.74) is 2.01. The summed E-state index contributed by atoms with van der Waals surface area (Å²) < 4.78 is 29.8. The third-order valence-electron chi connectivity index (χ3n) is 3.73. The predicted molar refractivity (Wildman–Crippen MR) is 100 cm³/mol. The first-order valence-electron chi connectivity index (χ1n) is 7.33. The quantitative estimate of drug-likeness (QED) is 0.860. The van der Waals surface area contributed by atoms with Crippen LogP contribution in [-0.4, -0.2) is 34.7 Å². The van der Waals surface area contributed by atoms with Crippen LogP contribution in [0.4, 0.5) is 11.4 Å². The first-order chi connectivity index (χ1) is 11.6. The molecule has 1 amide bonds. The highest BCUT2D eigenvalue weighted by Crippen LogP contribution is 2.27. The fourth-order valence-electron chi connectivity index (χ4n) is 2.22. The summed E-state index contributed by atoms with van der Waals surface area (Å²) in [6.45, 7) is 1.83. The molecule has 1 N–H and O–H groups in total.